The van der Waals surface area contributed by atoms with E-state index in [9.17, 15) is 14.3 Å². The molecule has 6 heterocycles. The average Bonchev–Trinajstić information content (AvgIpc) is 3.77. The van der Waals surface area contributed by atoms with Crippen molar-refractivity contribution in [2.24, 2.45) is 16.2 Å². The molecule has 0 spiro atoms. The predicted molar refractivity (Wildman–Crippen MR) is 224 cm³/mol. The van der Waals surface area contributed by atoms with Crippen molar-refractivity contribution >= 4 is 50.1 Å². The minimum Gasteiger partial charge on any atom is -0.476 e. The Hall–Kier alpha value is -4.57. The Bertz CT molecular complexity index is 2450. The molecule has 4 bridgehead atoms. The third kappa shape index (κ3) is 6.97. The summed E-state index contributed by atoms with van der Waals surface area (Å²) in [6.07, 6.45) is 10.2. The summed E-state index contributed by atoms with van der Waals surface area (Å²) in [4.78, 5) is 26.7. The topological polar surface area (TPSA) is 144 Å². The highest BCUT2D eigenvalue weighted by Crippen LogP contribution is 2.72. The zero-order valence-corrected chi connectivity index (χ0v) is 35.1. The van der Waals surface area contributed by atoms with E-state index in [-0.39, 0.29) is 33.4 Å². The van der Waals surface area contributed by atoms with E-state index < -0.39 is 5.97 Å². The maximum Gasteiger partial charge on any atom is 0.355 e. The number of fused-ring (bicyclic) bond motifs is 2. The number of thiazole rings is 1. The molecule has 6 aliphatic rings. The van der Waals surface area contributed by atoms with Crippen molar-refractivity contribution in [3.05, 3.63) is 64.9 Å². The van der Waals surface area contributed by atoms with Crippen molar-refractivity contribution < 1.29 is 23.8 Å². The van der Waals surface area contributed by atoms with Gasteiger partial charge in [-0.25, -0.2) is 19.2 Å². The van der Waals surface area contributed by atoms with Crippen LogP contribution in [0.2, 0.25) is 0 Å². The van der Waals surface area contributed by atoms with Crippen LogP contribution in [0.4, 0.5) is 27.0 Å². The zero-order valence-electron chi connectivity index (χ0n) is 34.3. The Kier molecular flexibility index (Phi) is 9.34. The van der Waals surface area contributed by atoms with Gasteiger partial charge in [-0.3, -0.25) is 9.58 Å². The molecule has 2 aliphatic heterocycles. The van der Waals surface area contributed by atoms with Crippen LogP contribution in [-0.2, 0) is 22.4 Å². The van der Waals surface area contributed by atoms with E-state index in [2.05, 4.69) is 50.9 Å². The number of hydrogen-bond donors (Lipinski definition) is 2. The molecule has 1 aromatic carbocycles. The molecular weight excluding hydrogens is 770 g/mol. The zero-order chi connectivity index (χ0) is 40.7. The fourth-order valence-electron chi connectivity index (χ4n) is 12.5. The average molecular weight is 822 g/mol. The quantitative estimate of drug-likeness (QED) is 0.133. The van der Waals surface area contributed by atoms with Gasteiger partial charge in [0, 0.05) is 60.7 Å². The van der Waals surface area contributed by atoms with Crippen LogP contribution in [0, 0.1) is 35.9 Å². The van der Waals surface area contributed by atoms with Gasteiger partial charge < -0.3 is 24.8 Å². The van der Waals surface area contributed by atoms with Crippen molar-refractivity contribution in [1.82, 2.24) is 34.8 Å². The molecule has 5 aromatic rings. The monoisotopic (exact) mass is 821 g/mol. The molecule has 59 heavy (non-hydrogen) atoms. The lowest BCUT2D eigenvalue weighted by Gasteiger charge is -2.69. The SMILES string of the molecule is Cc1c(Nc2nc3cccc(F)c3s2)nnc2c1CCCN2c1ccc(-c2cnn(CC34CC5(C)CC(C)(C3)CC(OCCN3CCOCC3)(C5)C4)c2C)c(C(=O)O)n1. The third-order valence-corrected chi connectivity index (χ3v) is 14.8. The summed E-state index contributed by atoms with van der Waals surface area (Å²) in [5.41, 5.74) is 5.08. The third-order valence-electron chi connectivity index (χ3n) is 13.8. The lowest BCUT2D eigenvalue weighted by Crippen LogP contribution is -2.64. The molecule has 2 unspecified atom stereocenters. The number of hydrogen-bond acceptors (Lipinski definition) is 12. The van der Waals surface area contributed by atoms with E-state index in [4.69, 9.17) is 19.6 Å². The van der Waals surface area contributed by atoms with Crippen molar-refractivity contribution in [3.8, 4) is 11.1 Å². The maximum atomic E-state index is 14.4. The van der Waals surface area contributed by atoms with E-state index in [1.165, 1.54) is 23.8 Å². The number of aromatic nitrogens is 6. The molecule has 1 saturated heterocycles. The molecule has 11 rings (SSSR count). The van der Waals surface area contributed by atoms with Gasteiger partial charge >= 0.3 is 5.97 Å². The van der Waals surface area contributed by atoms with Gasteiger partial charge in [-0.05, 0) is 106 Å². The second-order valence-corrected chi connectivity index (χ2v) is 19.8. The van der Waals surface area contributed by atoms with E-state index in [0.29, 0.717) is 44.9 Å². The number of anilines is 4. The molecular formula is C44H52FN9O4S. The van der Waals surface area contributed by atoms with Crippen LogP contribution in [0.1, 0.15) is 86.1 Å². The Morgan fingerprint density at radius 1 is 0.983 bits per heavy atom. The number of morpholine rings is 1. The Morgan fingerprint density at radius 2 is 1.78 bits per heavy atom. The first kappa shape index (κ1) is 38.6. The Labute approximate surface area is 347 Å². The Morgan fingerprint density at radius 3 is 2.54 bits per heavy atom. The van der Waals surface area contributed by atoms with E-state index >= 15 is 0 Å². The first-order valence-electron chi connectivity index (χ1n) is 21.0. The number of pyridine rings is 1. The second-order valence-electron chi connectivity index (χ2n) is 18.8. The van der Waals surface area contributed by atoms with Crippen LogP contribution in [0.3, 0.4) is 0 Å². The highest BCUT2D eigenvalue weighted by atomic mass is 32.1. The van der Waals surface area contributed by atoms with E-state index in [0.717, 1.165) is 113 Å². The smallest absolute Gasteiger partial charge is 0.355 e. The highest BCUT2D eigenvalue weighted by molar-refractivity contribution is 7.22. The summed E-state index contributed by atoms with van der Waals surface area (Å²) in [6, 6.07) is 8.60. The van der Waals surface area contributed by atoms with Crippen LogP contribution in [0.25, 0.3) is 21.3 Å². The number of nitrogens with zero attached hydrogens (tertiary/aromatic N) is 8. The van der Waals surface area contributed by atoms with Gasteiger partial charge in [0.1, 0.15) is 11.6 Å². The summed E-state index contributed by atoms with van der Waals surface area (Å²) >= 11 is 1.23. The van der Waals surface area contributed by atoms with Crippen LogP contribution in [0.15, 0.2) is 36.5 Å². The van der Waals surface area contributed by atoms with Gasteiger partial charge in [0.25, 0.3) is 0 Å². The summed E-state index contributed by atoms with van der Waals surface area (Å²) in [5.74, 6) is 0.295. The van der Waals surface area contributed by atoms with E-state index in [1.807, 2.05) is 30.2 Å². The number of rotatable bonds is 11. The lowest BCUT2D eigenvalue weighted by molar-refractivity contribution is -0.249. The molecule has 0 amide bonds. The summed E-state index contributed by atoms with van der Waals surface area (Å²) in [5, 5.41) is 28.5. The number of carboxylic acid groups (broad SMARTS) is 1. The standard InChI is InChI=1S/C44H52FN9O4S/c1-27-29-7-6-12-53(38(29)51-50-37(27)49-40-47-33-9-5-8-32(45)36(33)59-40)34-11-10-30(35(48-34)39(55)56)31-19-46-54(28(31)2)26-43-21-41(3)20-42(4,22-43)24-44(23-41,25-43)58-18-15-52-13-16-57-17-14-52/h5,8-11,19H,6-7,12-18,20-26H2,1-4H3,(H,55,56)(H,47,49,50). The minimum absolute atomic E-state index is 0.0224. The normalized spacial score (nSPS) is 27.7. The summed E-state index contributed by atoms with van der Waals surface area (Å²) in [7, 11) is 0. The van der Waals surface area contributed by atoms with Crippen molar-refractivity contribution in [2.45, 2.75) is 91.2 Å². The fraction of sp³-hybridized carbons (Fsp3) is 0.545. The van der Waals surface area contributed by atoms with Crippen molar-refractivity contribution in [3.63, 3.8) is 0 Å². The van der Waals surface area contributed by atoms with Crippen LogP contribution in [0.5, 0.6) is 0 Å². The number of aromatic carboxylic acids is 1. The van der Waals surface area contributed by atoms with Gasteiger partial charge in [0.05, 0.1) is 41.8 Å². The molecule has 2 atom stereocenters. The molecule has 13 nitrogen and oxygen atoms in total. The second kappa shape index (κ2) is 14.3. The Balaban J connectivity index is 0.898. The first-order valence-corrected chi connectivity index (χ1v) is 21.8. The fourth-order valence-corrected chi connectivity index (χ4v) is 13.4. The first-order chi connectivity index (χ1) is 28.3. The van der Waals surface area contributed by atoms with Crippen molar-refractivity contribution in [2.75, 3.05) is 56.2 Å². The molecule has 0 radical (unpaired) electrons. The lowest BCUT2D eigenvalue weighted by atomic mass is 9.39. The predicted octanol–water partition coefficient (Wildman–Crippen LogP) is 8.09. The molecule has 15 heteroatoms. The largest absolute Gasteiger partial charge is 0.476 e. The van der Waals surface area contributed by atoms with E-state index in [1.54, 1.807) is 12.1 Å². The molecule has 2 N–H and O–H groups in total. The molecule has 4 saturated carbocycles. The molecule has 5 fully saturated rings. The molecule has 310 valence electrons. The van der Waals surface area contributed by atoms with Crippen molar-refractivity contribution in [1.29, 1.82) is 0 Å². The van der Waals surface area contributed by atoms with Crippen LogP contribution >= 0.6 is 11.3 Å². The van der Waals surface area contributed by atoms with Gasteiger partial charge in [0.2, 0.25) is 0 Å². The number of carbonyl (C=O) groups is 1. The summed E-state index contributed by atoms with van der Waals surface area (Å²) in [6.45, 7) is 15.6. The van der Waals surface area contributed by atoms with Gasteiger partial charge in [-0.15, -0.1) is 10.2 Å². The minimum atomic E-state index is -1.10. The number of halogens is 1. The number of carboxylic acids is 1. The van der Waals surface area contributed by atoms with Crippen LogP contribution in [-0.4, -0.2) is 97.5 Å². The number of nitrogens with one attached hydrogen (secondary N) is 1. The van der Waals surface area contributed by atoms with Gasteiger partial charge in [0.15, 0.2) is 22.5 Å². The molecule has 4 aromatic heterocycles. The number of ether oxygens (including phenoxy) is 2. The number of benzene rings is 1. The van der Waals surface area contributed by atoms with Gasteiger partial charge in [-0.1, -0.05) is 31.3 Å². The highest BCUT2D eigenvalue weighted by Gasteiger charge is 2.66. The van der Waals surface area contributed by atoms with Crippen LogP contribution < -0.4 is 10.2 Å². The van der Waals surface area contributed by atoms with Gasteiger partial charge in [-0.2, -0.15) is 5.10 Å². The maximum absolute atomic E-state index is 14.4. The molecule has 4 aliphatic carbocycles. The summed E-state index contributed by atoms with van der Waals surface area (Å²) < 4.78 is 29.5.